The molecule has 1 aromatic carbocycles. The van der Waals surface area contributed by atoms with E-state index >= 15 is 0 Å². The Morgan fingerprint density at radius 1 is 1.21 bits per heavy atom. The maximum atomic E-state index is 13.8. The molecule has 0 saturated carbocycles. The summed E-state index contributed by atoms with van der Waals surface area (Å²) in [5.41, 5.74) is 0.466. The zero-order valence-corrected chi connectivity index (χ0v) is 14.0. The highest BCUT2D eigenvalue weighted by molar-refractivity contribution is 6.30. The third-order valence-corrected chi connectivity index (χ3v) is 5.05. The molecule has 0 aliphatic carbocycles. The van der Waals surface area contributed by atoms with Gasteiger partial charge in [0.05, 0.1) is 0 Å². The average molecular weight is 348 g/mol. The van der Waals surface area contributed by atoms with Crippen molar-refractivity contribution in [2.45, 2.75) is 6.61 Å². The van der Waals surface area contributed by atoms with Gasteiger partial charge in [-0.15, -0.1) is 0 Å². The Balaban J connectivity index is 1.43. The highest BCUT2D eigenvalue weighted by Crippen LogP contribution is 2.30. The highest BCUT2D eigenvalue weighted by atomic mass is 35.5. The van der Waals surface area contributed by atoms with E-state index in [1.165, 1.54) is 6.07 Å². The molecule has 1 N–H and O–H groups in total. The van der Waals surface area contributed by atoms with Crippen molar-refractivity contribution in [3.63, 3.8) is 0 Å². The molecule has 3 heterocycles. The lowest BCUT2D eigenvalue weighted by molar-refractivity contribution is 0.288. The first-order chi connectivity index (χ1) is 11.7. The summed E-state index contributed by atoms with van der Waals surface area (Å²) in [5, 5.41) is 3.82. The van der Waals surface area contributed by atoms with Crippen LogP contribution in [0.2, 0.25) is 5.02 Å². The first-order valence-electron chi connectivity index (χ1n) is 8.18. The van der Waals surface area contributed by atoms with Crippen molar-refractivity contribution in [1.82, 2.24) is 10.3 Å². The number of fused-ring (bicyclic) bond motifs is 1. The van der Waals surface area contributed by atoms with Gasteiger partial charge in [-0.3, -0.25) is 0 Å². The molecule has 2 unspecified atom stereocenters. The lowest BCUT2D eigenvalue weighted by atomic mass is 10.0. The Morgan fingerprint density at radius 3 is 2.75 bits per heavy atom. The Kier molecular flexibility index (Phi) is 4.29. The molecule has 2 saturated heterocycles. The van der Waals surface area contributed by atoms with Crippen molar-refractivity contribution >= 4 is 17.4 Å². The SMILES string of the molecule is Fc1cc(Cl)ccc1COc1cccc(N2CC3CNCC3C2)n1. The van der Waals surface area contributed by atoms with E-state index < -0.39 is 0 Å². The van der Waals surface area contributed by atoms with Crippen LogP contribution in [0.1, 0.15) is 5.56 Å². The number of hydrogen-bond acceptors (Lipinski definition) is 4. The van der Waals surface area contributed by atoms with Crippen LogP contribution in [0.5, 0.6) is 5.88 Å². The van der Waals surface area contributed by atoms with Gasteiger partial charge in [0.15, 0.2) is 0 Å². The molecule has 126 valence electrons. The largest absolute Gasteiger partial charge is 0.473 e. The Morgan fingerprint density at radius 2 is 2.00 bits per heavy atom. The number of ether oxygens (including phenoxy) is 1. The van der Waals surface area contributed by atoms with Crippen LogP contribution in [0.15, 0.2) is 36.4 Å². The predicted molar refractivity (Wildman–Crippen MR) is 92.0 cm³/mol. The maximum Gasteiger partial charge on any atom is 0.215 e. The molecule has 24 heavy (non-hydrogen) atoms. The smallest absolute Gasteiger partial charge is 0.215 e. The highest BCUT2D eigenvalue weighted by Gasteiger charge is 2.36. The van der Waals surface area contributed by atoms with Crippen LogP contribution in [0.3, 0.4) is 0 Å². The number of nitrogens with zero attached hydrogens (tertiary/aromatic N) is 2. The van der Waals surface area contributed by atoms with Gasteiger partial charge in [-0.25, -0.2) is 4.39 Å². The fraction of sp³-hybridized carbons (Fsp3) is 0.389. The molecule has 2 atom stereocenters. The number of aromatic nitrogens is 1. The van der Waals surface area contributed by atoms with Gasteiger partial charge in [-0.1, -0.05) is 23.7 Å². The van der Waals surface area contributed by atoms with Crippen molar-refractivity contribution in [2.24, 2.45) is 11.8 Å². The van der Waals surface area contributed by atoms with Crippen molar-refractivity contribution in [2.75, 3.05) is 31.1 Å². The van der Waals surface area contributed by atoms with E-state index in [4.69, 9.17) is 16.3 Å². The van der Waals surface area contributed by atoms with Gasteiger partial charge in [0.1, 0.15) is 18.2 Å². The minimum Gasteiger partial charge on any atom is -0.473 e. The van der Waals surface area contributed by atoms with Gasteiger partial charge < -0.3 is 15.0 Å². The van der Waals surface area contributed by atoms with Crippen molar-refractivity contribution < 1.29 is 9.13 Å². The number of halogens is 2. The van der Waals surface area contributed by atoms with Crippen LogP contribution in [-0.2, 0) is 6.61 Å². The number of rotatable bonds is 4. The summed E-state index contributed by atoms with van der Waals surface area (Å²) in [5.74, 6) is 2.49. The zero-order valence-electron chi connectivity index (χ0n) is 13.2. The second-order valence-corrected chi connectivity index (χ2v) is 6.88. The van der Waals surface area contributed by atoms with Gasteiger partial charge in [-0.2, -0.15) is 4.98 Å². The average Bonchev–Trinajstić information content (AvgIpc) is 3.16. The molecule has 0 amide bonds. The number of benzene rings is 1. The van der Waals surface area contributed by atoms with Crippen LogP contribution in [0.25, 0.3) is 0 Å². The lowest BCUT2D eigenvalue weighted by Crippen LogP contribution is -2.26. The summed E-state index contributed by atoms with van der Waals surface area (Å²) in [7, 11) is 0. The van der Waals surface area contributed by atoms with Gasteiger partial charge in [0.25, 0.3) is 0 Å². The molecule has 4 nitrogen and oxygen atoms in total. The topological polar surface area (TPSA) is 37.4 Å². The molecule has 2 aromatic rings. The van der Waals surface area contributed by atoms with Gasteiger partial charge in [-0.05, 0) is 30.0 Å². The fourth-order valence-electron chi connectivity index (χ4n) is 3.49. The standard InChI is InChI=1S/C18H19ClFN3O/c19-15-5-4-12(16(20)6-15)11-24-18-3-1-2-17(22-18)23-9-13-7-21-8-14(13)10-23/h1-6,13-14,21H,7-11H2. The summed E-state index contributed by atoms with van der Waals surface area (Å²) in [6.45, 7) is 4.37. The number of pyridine rings is 1. The van der Waals surface area contributed by atoms with E-state index in [9.17, 15) is 4.39 Å². The van der Waals surface area contributed by atoms with Crippen molar-refractivity contribution in [3.8, 4) is 5.88 Å². The lowest BCUT2D eigenvalue weighted by Gasteiger charge is -2.19. The van der Waals surface area contributed by atoms with Crippen LogP contribution in [0, 0.1) is 17.7 Å². The summed E-state index contributed by atoms with van der Waals surface area (Å²) in [4.78, 5) is 6.89. The molecule has 2 fully saturated rings. The third kappa shape index (κ3) is 3.19. The second kappa shape index (κ2) is 6.57. The molecule has 2 aliphatic rings. The number of nitrogens with one attached hydrogen (secondary N) is 1. The maximum absolute atomic E-state index is 13.8. The molecule has 0 radical (unpaired) electrons. The molecule has 0 spiro atoms. The Bertz CT molecular complexity index is 730. The van der Waals surface area contributed by atoms with E-state index in [1.807, 2.05) is 12.1 Å². The van der Waals surface area contributed by atoms with E-state index in [0.717, 1.165) is 32.0 Å². The molecular formula is C18H19ClFN3O. The van der Waals surface area contributed by atoms with Crippen LogP contribution in [0.4, 0.5) is 10.2 Å². The van der Waals surface area contributed by atoms with Crippen LogP contribution in [-0.4, -0.2) is 31.2 Å². The molecule has 1 aromatic heterocycles. The van der Waals surface area contributed by atoms with Crippen LogP contribution >= 0.6 is 11.6 Å². The van der Waals surface area contributed by atoms with E-state index in [2.05, 4.69) is 15.2 Å². The molecule has 4 rings (SSSR count). The van der Waals surface area contributed by atoms with E-state index in [1.54, 1.807) is 18.2 Å². The minimum atomic E-state index is -0.362. The molecule has 6 heteroatoms. The summed E-state index contributed by atoms with van der Waals surface area (Å²) >= 11 is 5.76. The summed E-state index contributed by atoms with van der Waals surface area (Å²) in [6, 6.07) is 10.3. The zero-order chi connectivity index (χ0) is 16.5. The van der Waals surface area contributed by atoms with Crippen LogP contribution < -0.4 is 15.0 Å². The van der Waals surface area contributed by atoms with Crippen molar-refractivity contribution in [3.05, 3.63) is 52.8 Å². The Hall–Kier alpha value is -1.85. The normalized spacial score (nSPS) is 22.7. The first kappa shape index (κ1) is 15.7. The van der Waals surface area contributed by atoms with Crippen molar-refractivity contribution in [1.29, 1.82) is 0 Å². The Labute approximate surface area is 145 Å². The predicted octanol–water partition coefficient (Wildman–Crippen LogP) is 3.11. The molecular weight excluding hydrogens is 329 g/mol. The van der Waals surface area contributed by atoms with Gasteiger partial charge >= 0.3 is 0 Å². The monoisotopic (exact) mass is 347 g/mol. The second-order valence-electron chi connectivity index (χ2n) is 6.44. The van der Waals surface area contributed by atoms with Gasteiger partial charge in [0.2, 0.25) is 5.88 Å². The minimum absolute atomic E-state index is 0.134. The summed E-state index contributed by atoms with van der Waals surface area (Å²) in [6.07, 6.45) is 0. The summed E-state index contributed by atoms with van der Waals surface area (Å²) < 4.78 is 19.5. The number of anilines is 1. The molecule has 0 bridgehead atoms. The van der Waals surface area contributed by atoms with E-state index in [-0.39, 0.29) is 12.4 Å². The van der Waals surface area contributed by atoms with Gasteiger partial charge in [0, 0.05) is 42.8 Å². The fourth-order valence-corrected chi connectivity index (χ4v) is 3.65. The first-order valence-corrected chi connectivity index (χ1v) is 8.56. The number of hydrogen-bond donors (Lipinski definition) is 1. The van der Waals surface area contributed by atoms with E-state index in [0.29, 0.717) is 28.3 Å². The molecule has 2 aliphatic heterocycles. The third-order valence-electron chi connectivity index (χ3n) is 4.81. The quantitative estimate of drug-likeness (QED) is 0.922.